The van der Waals surface area contributed by atoms with Crippen molar-refractivity contribution in [2.24, 2.45) is 17.6 Å². The van der Waals surface area contributed by atoms with Crippen molar-refractivity contribution < 1.29 is 24.3 Å². The number of tetrazole rings is 1. The summed E-state index contributed by atoms with van der Waals surface area (Å²) in [4.78, 5) is 53.2. The Morgan fingerprint density at radius 2 is 2.15 bits per heavy atom. The molecule has 0 saturated carbocycles. The first-order chi connectivity index (χ1) is 16.2. The van der Waals surface area contributed by atoms with Gasteiger partial charge in [0, 0.05) is 40.9 Å². The zero-order valence-electron chi connectivity index (χ0n) is 19.0. The van der Waals surface area contributed by atoms with E-state index >= 15 is 0 Å². The summed E-state index contributed by atoms with van der Waals surface area (Å²) in [5, 5.41) is 23.1. The molecule has 0 bridgehead atoms. The summed E-state index contributed by atoms with van der Waals surface area (Å²) in [5.41, 5.74) is 6.00. The third kappa shape index (κ3) is 4.51. The summed E-state index contributed by atoms with van der Waals surface area (Å²) in [7, 11) is 0. The molecule has 1 aromatic rings. The van der Waals surface area contributed by atoms with E-state index in [1.807, 2.05) is 6.92 Å². The number of amides is 3. The zero-order valence-corrected chi connectivity index (χ0v) is 19.8. The van der Waals surface area contributed by atoms with E-state index in [1.54, 1.807) is 28.5 Å². The van der Waals surface area contributed by atoms with Crippen LogP contribution >= 0.6 is 11.8 Å². The van der Waals surface area contributed by atoms with Crippen LogP contribution in [0.5, 0.6) is 0 Å². The molecule has 2 saturated heterocycles. The molecule has 34 heavy (non-hydrogen) atoms. The predicted octanol–water partition coefficient (Wildman–Crippen LogP) is -1.37. The molecule has 4 rings (SSSR count). The quantitative estimate of drug-likeness (QED) is 0.349. The molecule has 4 N–H and O–H groups in total. The number of carboxylic acid groups (broad SMARTS) is 1. The van der Waals surface area contributed by atoms with Crippen LogP contribution in [-0.2, 0) is 25.7 Å². The van der Waals surface area contributed by atoms with Crippen molar-refractivity contribution in [3.05, 3.63) is 16.9 Å². The number of fused-ring (bicyclic) bond motifs is 1. The van der Waals surface area contributed by atoms with E-state index in [0.717, 1.165) is 11.3 Å². The van der Waals surface area contributed by atoms with Crippen LogP contribution in [0, 0.1) is 11.8 Å². The molecule has 14 heteroatoms. The van der Waals surface area contributed by atoms with Gasteiger partial charge in [0.1, 0.15) is 12.9 Å². The highest BCUT2D eigenvalue weighted by Gasteiger charge is 2.59. The highest BCUT2D eigenvalue weighted by molar-refractivity contribution is 8.03. The van der Waals surface area contributed by atoms with Gasteiger partial charge in [-0.25, -0.2) is 4.68 Å². The van der Waals surface area contributed by atoms with Gasteiger partial charge in [-0.1, -0.05) is 6.92 Å². The summed E-state index contributed by atoms with van der Waals surface area (Å²) in [6.45, 7) is 4.82. The van der Waals surface area contributed by atoms with E-state index in [9.17, 15) is 24.3 Å². The maximum absolute atomic E-state index is 13.1. The lowest BCUT2D eigenvalue weighted by Gasteiger charge is -2.48. The van der Waals surface area contributed by atoms with E-state index < -0.39 is 17.9 Å². The number of carbonyl (C=O) groups is 4. The van der Waals surface area contributed by atoms with Crippen molar-refractivity contribution in [2.45, 2.75) is 50.6 Å². The van der Waals surface area contributed by atoms with Gasteiger partial charge < -0.3 is 26.0 Å². The van der Waals surface area contributed by atoms with Gasteiger partial charge in [0.15, 0.2) is 0 Å². The lowest BCUT2D eigenvalue weighted by molar-refractivity contribution is -0.155. The van der Waals surface area contributed by atoms with E-state index in [1.165, 1.54) is 11.0 Å². The van der Waals surface area contributed by atoms with Crippen molar-refractivity contribution in [1.82, 2.24) is 35.3 Å². The van der Waals surface area contributed by atoms with Crippen molar-refractivity contribution in [1.29, 1.82) is 0 Å². The molecule has 13 nitrogen and oxygen atoms in total. The number of β-lactam (4-membered cyclic amide) rings is 1. The summed E-state index contributed by atoms with van der Waals surface area (Å²) in [5.74, 6) is -2.17. The number of aliphatic carboxylic acids is 1. The number of hydrogen-bond donors (Lipinski definition) is 3. The average Bonchev–Trinajstić information content (AvgIpc) is 3.49. The van der Waals surface area contributed by atoms with Crippen LogP contribution in [0.2, 0.25) is 0 Å². The third-order valence-corrected chi connectivity index (χ3v) is 8.18. The van der Waals surface area contributed by atoms with Gasteiger partial charge in [0.2, 0.25) is 17.7 Å². The normalized spacial score (nSPS) is 27.0. The molecule has 4 heterocycles. The molecular formula is C20H28N8O5S. The highest BCUT2D eigenvalue weighted by Crippen LogP contribution is 2.52. The molecule has 0 aromatic carbocycles. The number of likely N-dealkylation sites (tertiary alicyclic amines) is 1. The van der Waals surface area contributed by atoms with Crippen molar-refractivity contribution in [3.63, 3.8) is 0 Å². The maximum atomic E-state index is 13.1. The van der Waals surface area contributed by atoms with E-state index in [4.69, 9.17) is 5.73 Å². The van der Waals surface area contributed by atoms with E-state index in [-0.39, 0.29) is 54.4 Å². The standard InChI is InChI=1S/C20H28N8O5S/c1-10-18-17(11(2)23-14(29)8-27-9-22-24-25-27)20(33)28(18)13(5-16(31)32)19(10)34-12-3-4-26(7-12)15(30)6-21/h9-12,17-18H,3-8,21H2,1-2H3,(H,23,29)(H,31,32)/t10-,11-,12+,17-,18-/m1/s1. The minimum atomic E-state index is -1.01. The van der Waals surface area contributed by atoms with Gasteiger partial charge >= 0.3 is 5.97 Å². The minimum Gasteiger partial charge on any atom is -0.481 e. The van der Waals surface area contributed by atoms with Crippen LogP contribution in [0.1, 0.15) is 26.7 Å². The Labute approximate surface area is 200 Å². The molecule has 0 aliphatic carbocycles. The molecule has 3 aliphatic heterocycles. The van der Waals surface area contributed by atoms with Gasteiger partial charge in [-0.05, 0) is 23.8 Å². The predicted molar refractivity (Wildman–Crippen MR) is 120 cm³/mol. The van der Waals surface area contributed by atoms with Crippen LogP contribution in [0.25, 0.3) is 0 Å². The van der Waals surface area contributed by atoms with Crippen molar-refractivity contribution in [3.8, 4) is 0 Å². The van der Waals surface area contributed by atoms with Crippen LogP contribution in [-0.4, -0.2) is 95.8 Å². The summed E-state index contributed by atoms with van der Waals surface area (Å²) < 4.78 is 1.29. The first-order valence-electron chi connectivity index (χ1n) is 11.1. The Morgan fingerprint density at radius 3 is 2.79 bits per heavy atom. The molecule has 0 unspecified atom stereocenters. The van der Waals surface area contributed by atoms with Gasteiger partial charge in [-0.3, -0.25) is 19.2 Å². The summed E-state index contributed by atoms with van der Waals surface area (Å²) >= 11 is 1.56. The van der Waals surface area contributed by atoms with Gasteiger partial charge in [-0.15, -0.1) is 16.9 Å². The van der Waals surface area contributed by atoms with Crippen LogP contribution in [0.15, 0.2) is 16.9 Å². The maximum Gasteiger partial charge on any atom is 0.309 e. The van der Waals surface area contributed by atoms with Gasteiger partial charge in [0.05, 0.1) is 24.9 Å². The number of nitrogens with zero attached hydrogens (tertiary/aromatic N) is 6. The Morgan fingerprint density at radius 1 is 1.38 bits per heavy atom. The number of nitrogens with one attached hydrogen (secondary N) is 1. The fraction of sp³-hybridized carbons (Fsp3) is 0.650. The number of carboxylic acids is 1. The summed E-state index contributed by atoms with van der Waals surface area (Å²) in [6, 6.07) is -0.671. The number of carbonyl (C=O) groups excluding carboxylic acids is 3. The Hall–Kier alpha value is -3.00. The zero-order chi connectivity index (χ0) is 24.6. The van der Waals surface area contributed by atoms with Crippen LogP contribution < -0.4 is 11.1 Å². The highest BCUT2D eigenvalue weighted by atomic mass is 32.2. The van der Waals surface area contributed by atoms with Crippen LogP contribution in [0.4, 0.5) is 0 Å². The molecule has 2 fully saturated rings. The molecule has 0 radical (unpaired) electrons. The molecule has 3 aliphatic rings. The monoisotopic (exact) mass is 492 g/mol. The Balaban J connectivity index is 1.46. The SMILES string of the molecule is C[C@@H](NC(=O)Cn1cnnn1)[C@H]1C(=O)N2C(CC(=O)O)=C(S[C@H]3CCN(C(=O)CN)C3)[C@H](C)[C@H]12. The van der Waals surface area contributed by atoms with Crippen molar-refractivity contribution >= 4 is 35.5 Å². The number of nitrogens with two attached hydrogens (primary N) is 1. The molecule has 5 atom stereocenters. The smallest absolute Gasteiger partial charge is 0.309 e. The minimum absolute atomic E-state index is 0.0379. The van der Waals surface area contributed by atoms with Crippen LogP contribution in [0.3, 0.4) is 0 Å². The number of hydrogen-bond acceptors (Lipinski definition) is 9. The molecule has 1 aromatic heterocycles. The summed E-state index contributed by atoms with van der Waals surface area (Å²) in [6.07, 6.45) is 1.86. The lowest BCUT2D eigenvalue weighted by Crippen LogP contribution is -2.65. The molecule has 184 valence electrons. The molecule has 0 spiro atoms. The Kier molecular flexibility index (Phi) is 6.89. The molecule has 3 amide bonds. The van der Waals surface area contributed by atoms with E-state index in [0.29, 0.717) is 18.8 Å². The van der Waals surface area contributed by atoms with Gasteiger partial charge in [0.25, 0.3) is 0 Å². The lowest BCUT2D eigenvalue weighted by atomic mass is 9.78. The largest absolute Gasteiger partial charge is 0.481 e. The fourth-order valence-corrected chi connectivity index (χ4v) is 6.56. The topological polar surface area (TPSA) is 177 Å². The fourth-order valence-electron chi connectivity index (χ4n) is 5.07. The first-order valence-corrected chi connectivity index (χ1v) is 12.0. The van der Waals surface area contributed by atoms with E-state index in [2.05, 4.69) is 20.8 Å². The second kappa shape index (κ2) is 9.70. The third-order valence-electron chi connectivity index (χ3n) is 6.60. The average molecular weight is 493 g/mol. The second-order valence-electron chi connectivity index (χ2n) is 8.83. The van der Waals surface area contributed by atoms with Gasteiger partial charge in [-0.2, -0.15) is 0 Å². The number of aromatic nitrogens is 4. The van der Waals surface area contributed by atoms with Crippen molar-refractivity contribution in [2.75, 3.05) is 19.6 Å². The first kappa shape index (κ1) is 24.1. The number of thioether (sulfide) groups is 1. The molecular weight excluding hydrogens is 464 g/mol. The Bertz CT molecular complexity index is 1010. The number of rotatable bonds is 9. The second-order valence-corrected chi connectivity index (χ2v) is 10.2.